The third-order valence-corrected chi connectivity index (χ3v) is 3.50. The van der Waals surface area contributed by atoms with Gasteiger partial charge in [-0.15, -0.1) is 11.8 Å². The van der Waals surface area contributed by atoms with E-state index in [0.29, 0.717) is 5.75 Å². The molecular weight excluding hydrogens is 244 g/mol. The summed E-state index contributed by atoms with van der Waals surface area (Å²) in [5.74, 6) is 1.40. The number of ether oxygens (including phenoxy) is 1. The fourth-order valence-corrected chi connectivity index (χ4v) is 2.39. The van der Waals surface area contributed by atoms with Crippen molar-refractivity contribution in [3.63, 3.8) is 0 Å². The summed E-state index contributed by atoms with van der Waals surface area (Å²) in [6.07, 6.45) is 0. The van der Waals surface area contributed by atoms with Crippen LogP contribution < -0.4 is 4.74 Å². The molecule has 0 radical (unpaired) electrons. The second kappa shape index (κ2) is 6.26. The van der Waals surface area contributed by atoms with Gasteiger partial charge in [-0.1, -0.05) is 36.4 Å². The molecular formula is C15H14O2S. The molecule has 0 N–H and O–H groups in total. The fourth-order valence-electron chi connectivity index (χ4n) is 1.55. The number of thioether (sulfide) groups is 1. The Balaban J connectivity index is 1.97. The lowest BCUT2D eigenvalue weighted by atomic mass is 10.2. The summed E-state index contributed by atoms with van der Waals surface area (Å²) in [6.45, 7) is 0. The van der Waals surface area contributed by atoms with Crippen LogP contribution in [-0.4, -0.2) is 18.6 Å². The third-order valence-electron chi connectivity index (χ3n) is 2.51. The number of carbonyl (C=O) groups is 1. The molecule has 2 rings (SSSR count). The Labute approximate surface area is 111 Å². The minimum Gasteiger partial charge on any atom is -0.497 e. The Kier molecular flexibility index (Phi) is 4.42. The maximum Gasteiger partial charge on any atom is 0.173 e. The van der Waals surface area contributed by atoms with Crippen LogP contribution in [0.4, 0.5) is 0 Å². The Hall–Kier alpha value is -1.74. The largest absolute Gasteiger partial charge is 0.497 e. The van der Waals surface area contributed by atoms with E-state index in [1.54, 1.807) is 7.11 Å². The van der Waals surface area contributed by atoms with Gasteiger partial charge in [0.15, 0.2) is 5.78 Å². The fraction of sp³-hybridized carbons (Fsp3) is 0.133. The zero-order valence-corrected chi connectivity index (χ0v) is 10.9. The number of carbonyl (C=O) groups excluding carboxylic acids is 1. The van der Waals surface area contributed by atoms with E-state index >= 15 is 0 Å². The van der Waals surface area contributed by atoms with Crippen LogP contribution in [-0.2, 0) is 0 Å². The monoisotopic (exact) mass is 258 g/mol. The van der Waals surface area contributed by atoms with Gasteiger partial charge in [-0.2, -0.15) is 0 Å². The van der Waals surface area contributed by atoms with Gasteiger partial charge >= 0.3 is 0 Å². The van der Waals surface area contributed by atoms with Gasteiger partial charge in [0.2, 0.25) is 0 Å². The molecule has 0 aromatic heterocycles. The number of benzene rings is 2. The van der Waals surface area contributed by atoms with Crippen LogP contribution in [0.25, 0.3) is 0 Å². The zero-order valence-electron chi connectivity index (χ0n) is 10.1. The van der Waals surface area contributed by atoms with Crippen LogP contribution in [0, 0.1) is 0 Å². The highest BCUT2D eigenvalue weighted by atomic mass is 32.2. The first-order chi connectivity index (χ1) is 8.79. The zero-order chi connectivity index (χ0) is 12.8. The van der Waals surface area contributed by atoms with Crippen molar-refractivity contribution in [2.24, 2.45) is 0 Å². The standard InChI is InChI=1S/C15H14O2S/c1-17-13-8-5-9-14(10-13)18-11-15(16)12-6-3-2-4-7-12/h2-10H,11H2,1H3. The van der Waals surface area contributed by atoms with Gasteiger partial charge in [-0.25, -0.2) is 0 Å². The molecule has 0 bridgehead atoms. The Morgan fingerprint density at radius 1 is 1.11 bits per heavy atom. The van der Waals surface area contributed by atoms with E-state index in [1.165, 1.54) is 11.8 Å². The van der Waals surface area contributed by atoms with Crippen molar-refractivity contribution in [1.29, 1.82) is 0 Å². The summed E-state index contributed by atoms with van der Waals surface area (Å²) in [5.41, 5.74) is 0.757. The molecule has 0 amide bonds. The van der Waals surface area contributed by atoms with E-state index in [2.05, 4.69) is 0 Å². The maximum absolute atomic E-state index is 11.9. The van der Waals surface area contributed by atoms with Crippen LogP contribution in [0.1, 0.15) is 10.4 Å². The molecule has 3 heteroatoms. The molecule has 2 aromatic carbocycles. The molecule has 0 aliphatic heterocycles. The first kappa shape index (κ1) is 12.7. The molecule has 2 aromatic rings. The maximum atomic E-state index is 11.9. The predicted molar refractivity (Wildman–Crippen MR) is 74.5 cm³/mol. The lowest BCUT2D eigenvalue weighted by Crippen LogP contribution is -2.01. The van der Waals surface area contributed by atoms with E-state index in [-0.39, 0.29) is 5.78 Å². The Morgan fingerprint density at radius 3 is 2.61 bits per heavy atom. The highest BCUT2D eigenvalue weighted by molar-refractivity contribution is 8.00. The van der Waals surface area contributed by atoms with Gasteiger partial charge in [0, 0.05) is 10.5 Å². The van der Waals surface area contributed by atoms with Crippen molar-refractivity contribution in [1.82, 2.24) is 0 Å². The molecule has 92 valence electrons. The molecule has 2 nitrogen and oxygen atoms in total. The van der Waals surface area contributed by atoms with Crippen LogP contribution in [0.5, 0.6) is 5.75 Å². The number of hydrogen-bond donors (Lipinski definition) is 0. The second-order valence-electron chi connectivity index (χ2n) is 3.76. The molecule has 0 saturated heterocycles. The van der Waals surface area contributed by atoms with Gasteiger partial charge in [-0.3, -0.25) is 4.79 Å². The minimum absolute atomic E-state index is 0.142. The van der Waals surface area contributed by atoms with Gasteiger partial charge in [-0.05, 0) is 18.2 Å². The lowest BCUT2D eigenvalue weighted by molar-refractivity contribution is 0.102. The molecule has 0 unspecified atom stereocenters. The van der Waals surface area contributed by atoms with E-state index < -0.39 is 0 Å². The van der Waals surface area contributed by atoms with Crippen molar-refractivity contribution in [3.05, 3.63) is 60.2 Å². The number of Topliss-reactive ketones (excluding diaryl/α,β-unsaturated/α-hetero) is 1. The lowest BCUT2D eigenvalue weighted by Gasteiger charge is -2.04. The van der Waals surface area contributed by atoms with Gasteiger partial charge in [0.1, 0.15) is 5.75 Å². The van der Waals surface area contributed by atoms with Gasteiger partial charge in [0.05, 0.1) is 12.9 Å². The molecule has 0 aliphatic rings. The topological polar surface area (TPSA) is 26.3 Å². The van der Waals surface area contributed by atoms with Crippen LogP contribution in [0.2, 0.25) is 0 Å². The van der Waals surface area contributed by atoms with Crippen molar-refractivity contribution in [3.8, 4) is 5.75 Å². The first-order valence-corrected chi connectivity index (χ1v) is 6.63. The summed E-state index contributed by atoms with van der Waals surface area (Å²) in [7, 11) is 1.64. The highest BCUT2D eigenvalue weighted by Gasteiger charge is 2.06. The number of methoxy groups -OCH3 is 1. The number of rotatable bonds is 5. The molecule has 18 heavy (non-hydrogen) atoms. The Morgan fingerprint density at radius 2 is 1.89 bits per heavy atom. The highest BCUT2D eigenvalue weighted by Crippen LogP contribution is 2.23. The summed E-state index contributed by atoms with van der Waals surface area (Å²) in [5, 5.41) is 0. The molecule has 0 heterocycles. The molecule has 0 fully saturated rings. The van der Waals surface area contributed by atoms with Crippen molar-refractivity contribution >= 4 is 17.5 Å². The average Bonchev–Trinajstić information content (AvgIpc) is 2.46. The van der Waals surface area contributed by atoms with Gasteiger partial charge < -0.3 is 4.74 Å². The van der Waals surface area contributed by atoms with Crippen molar-refractivity contribution < 1.29 is 9.53 Å². The predicted octanol–water partition coefficient (Wildman–Crippen LogP) is 3.67. The van der Waals surface area contributed by atoms with E-state index in [1.807, 2.05) is 54.6 Å². The molecule has 0 saturated carbocycles. The molecule has 0 atom stereocenters. The Bertz CT molecular complexity index is 523. The number of ketones is 1. The SMILES string of the molecule is COc1cccc(SCC(=O)c2ccccc2)c1. The van der Waals surface area contributed by atoms with Crippen LogP contribution in [0.15, 0.2) is 59.5 Å². The average molecular weight is 258 g/mol. The summed E-state index contributed by atoms with van der Waals surface area (Å²) >= 11 is 1.52. The smallest absolute Gasteiger partial charge is 0.173 e. The van der Waals surface area contributed by atoms with E-state index in [0.717, 1.165) is 16.2 Å². The van der Waals surface area contributed by atoms with E-state index in [9.17, 15) is 4.79 Å². The number of hydrogen-bond acceptors (Lipinski definition) is 3. The molecule has 0 spiro atoms. The van der Waals surface area contributed by atoms with Crippen LogP contribution in [0.3, 0.4) is 0 Å². The third kappa shape index (κ3) is 3.37. The minimum atomic E-state index is 0.142. The normalized spacial score (nSPS) is 10.1. The van der Waals surface area contributed by atoms with E-state index in [4.69, 9.17) is 4.74 Å². The second-order valence-corrected chi connectivity index (χ2v) is 4.81. The van der Waals surface area contributed by atoms with Crippen molar-refractivity contribution in [2.45, 2.75) is 4.90 Å². The van der Waals surface area contributed by atoms with Crippen molar-refractivity contribution in [2.75, 3.05) is 12.9 Å². The summed E-state index contributed by atoms with van der Waals surface area (Å²) in [6, 6.07) is 17.1. The molecule has 0 aliphatic carbocycles. The summed E-state index contributed by atoms with van der Waals surface area (Å²) < 4.78 is 5.15. The quantitative estimate of drug-likeness (QED) is 0.604. The summed E-state index contributed by atoms with van der Waals surface area (Å²) in [4.78, 5) is 13.0. The van der Waals surface area contributed by atoms with Gasteiger partial charge in [0.25, 0.3) is 0 Å². The first-order valence-electron chi connectivity index (χ1n) is 5.64. The van der Waals surface area contributed by atoms with Crippen LogP contribution >= 0.6 is 11.8 Å².